The maximum Gasteiger partial charge on any atom is 2.00 e. The Labute approximate surface area is 85.4 Å². The first-order valence-electron chi connectivity index (χ1n) is 0.783. The van der Waals surface area contributed by atoms with Gasteiger partial charge in [0.2, 0.25) is 0 Å². The third-order valence-electron chi connectivity index (χ3n) is 0. The van der Waals surface area contributed by atoms with Crippen molar-refractivity contribution in [2.24, 2.45) is 0 Å². The molecule has 0 unspecified atom stereocenters. The second-order valence-electron chi connectivity index (χ2n) is 0.513. The van der Waals surface area contributed by atoms with Crippen LogP contribution in [0.15, 0.2) is 0 Å². The third-order valence-corrected chi connectivity index (χ3v) is 0. The predicted octanol–water partition coefficient (Wildman–Crippen LogP) is -1.09. The first-order chi connectivity index (χ1) is 2.00. The molecule has 0 fully saturated rings. The van der Waals surface area contributed by atoms with Crippen molar-refractivity contribution < 1.29 is 40.7 Å². The van der Waals surface area contributed by atoms with Crippen LogP contribution in [0.5, 0.6) is 0 Å². The normalized spacial score (nSPS) is 8.43. The quantitative estimate of drug-likeness (QED) is 0.336. The van der Waals surface area contributed by atoms with Crippen molar-refractivity contribution in [1.29, 1.82) is 0 Å². The topological polar surface area (TPSA) is 77.8 Å². The molecule has 1 radical (unpaired) electrons. The number of rotatable bonds is 0. The molecular formula is H5CaO4PV. The van der Waals surface area contributed by atoms with Crippen LogP contribution < -0.4 is 0 Å². The van der Waals surface area contributed by atoms with Crippen LogP contribution in [0.4, 0.5) is 0 Å². The van der Waals surface area contributed by atoms with E-state index < -0.39 is 7.82 Å². The van der Waals surface area contributed by atoms with Crippen molar-refractivity contribution in [2.75, 3.05) is 0 Å². The summed E-state index contributed by atoms with van der Waals surface area (Å²) >= 11 is 0. The average Bonchev–Trinajstić information content (AvgIpc) is 0.722. The van der Waals surface area contributed by atoms with Gasteiger partial charge in [-0.1, -0.05) is 0 Å². The molecule has 0 aromatic heterocycles. The van der Waals surface area contributed by atoms with Gasteiger partial charge in [0.25, 0.3) is 0 Å². The number of phosphoric acid groups is 1. The Balaban J connectivity index is -0.0000000133. The van der Waals surface area contributed by atoms with E-state index in [2.05, 4.69) is 0 Å². The van der Waals surface area contributed by atoms with Gasteiger partial charge in [-0.15, -0.1) is 0 Å². The number of hydrogen-bond acceptors (Lipinski definition) is 1. The van der Waals surface area contributed by atoms with Gasteiger partial charge in [0.15, 0.2) is 0 Å². The summed E-state index contributed by atoms with van der Waals surface area (Å²) in [6, 6.07) is 0. The van der Waals surface area contributed by atoms with Gasteiger partial charge < -0.3 is 17.5 Å². The fourth-order valence-electron chi connectivity index (χ4n) is 0. The molecule has 41 valence electrons. The molecule has 3 N–H and O–H groups in total. The summed E-state index contributed by atoms with van der Waals surface area (Å²) in [6.07, 6.45) is 0. The van der Waals surface area contributed by atoms with Crippen LogP contribution in [0.3, 0.4) is 0 Å². The molecular weight excluding hydrogens is 186 g/mol. The van der Waals surface area contributed by atoms with Crippen LogP contribution in [0.1, 0.15) is 2.85 Å². The maximum atomic E-state index is 8.88. The van der Waals surface area contributed by atoms with Crippen molar-refractivity contribution in [3.63, 3.8) is 0 Å². The van der Waals surface area contributed by atoms with Crippen LogP contribution in [0.2, 0.25) is 0 Å². The first kappa shape index (κ1) is 16.0. The molecule has 4 nitrogen and oxygen atoms in total. The molecule has 0 aliphatic rings. The summed E-state index contributed by atoms with van der Waals surface area (Å²) in [5, 5.41) is 0. The van der Waals surface area contributed by atoms with Gasteiger partial charge in [-0.25, -0.2) is 4.57 Å². The molecule has 0 rings (SSSR count). The summed E-state index contributed by atoms with van der Waals surface area (Å²) < 4.78 is 8.88. The Bertz CT molecular complexity index is 64.7. The maximum absolute atomic E-state index is 8.88. The van der Waals surface area contributed by atoms with Crippen LogP contribution in [0.25, 0.3) is 0 Å². The Kier molecular flexibility index (Phi) is 13.9. The van der Waals surface area contributed by atoms with E-state index in [1.165, 1.54) is 0 Å². The first-order valence-corrected chi connectivity index (χ1v) is 2.35. The van der Waals surface area contributed by atoms with Gasteiger partial charge in [0.05, 0.1) is 0 Å². The minimum Gasteiger partial charge on any atom is -1.00 e. The van der Waals surface area contributed by atoms with Crippen molar-refractivity contribution in [2.45, 2.75) is 0 Å². The molecule has 0 spiro atoms. The van der Waals surface area contributed by atoms with E-state index in [0.717, 1.165) is 0 Å². The van der Waals surface area contributed by atoms with Gasteiger partial charge >= 0.3 is 45.6 Å². The molecule has 0 bridgehead atoms. The number of hydrogen-bond donors (Lipinski definition) is 3. The fraction of sp³-hybridized carbons (Fsp3) is 0. The Hall–Kier alpha value is 1.95. The zero-order valence-corrected chi connectivity index (χ0v) is 7.85. The average molecular weight is 191 g/mol. The monoisotopic (exact) mass is 191 g/mol. The van der Waals surface area contributed by atoms with Gasteiger partial charge in [-0.05, 0) is 0 Å². The van der Waals surface area contributed by atoms with Crippen LogP contribution in [-0.2, 0) is 23.1 Å². The summed E-state index contributed by atoms with van der Waals surface area (Å²) in [5.74, 6) is 0. The molecule has 7 heteroatoms. The fourth-order valence-corrected chi connectivity index (χ4v) is 0. The SMILES string of the molecule is O=P(O)(O)O.[Ca+2].[H-].[H-].[V]. The van der Waals surface area contributed by atoms with Crippen molar-refractivity contribution in [3.8, 4) is 0 Å². The van der Waals surface area contributed by atoms with E-state index in [1.54, 1.807) is 0 Å². The molecule has 0 amide bonds. The zero-order chi connectivity index (χ0) is 4.50. The minimum atomic E-state index is -4.64. The summed E-state index contributed by atoms with van der Waals surface area (Å²) in [5.41, 5.74) is 0. The van der Waals surface area contributed by atoms with Gasteiger partial charge in [-0.2, -0.15) is 0 Å². The summed E-state index contributed by atoms with van der Waals surface area (Å²) in [4.78, 5) is 21.6. The van der Waals surface area contributed by atoms with Crippen molar-refractivity contribution in [3.05, 3.63) is 0 Å². The van der Waals surface area contributed by atoms with Crippen LogP contribution in [-0.4, -0.2) is 52.4 Å². The van der Waals surface area contributed by atoms with Crippen LogP contribution in [0, 0.1) is 0 Å². The standard InChI is InChI=1S/Ca.H3O4P.V.2H/c;1-5(2,3)4;;;/h;(H3,1,2,3,4);;;/q+2;;;2*-1. The van der Waals surface area contributed by atoms with Gasteiger partial charge in [-0.3, -0.25) is 0 Å². The second kappa shape index (κ2) is 6.08. The zero-order valence-electron chi connectivity index (χ0n) is 5.35. The van der Waals surface area contributed by atoms with E-state index in [-0.39, 0.29) is 59.1 Å². The smallest absolute Gasteiger partial charge is 1.00 e. The third kappa shape index (κ3) is 73.8. The molecule has 0 saturated heterocycles. The molecule has 7 heavy (non-hydrogen) atoms. The predicted molar refractivity (Wildman–Crippen MR) is 22.2 cm³/mol. The Morgan fingerprint density at radius 3 is 1.29 bits per heavy atom. The van der Waals surface area contributed by atoms with Gasteiger partial charge in [0, 0.05) is 18.6 Å². The van der Waals surface area contributed by atoms with E-state index in [4.69, 9.17) is 19.2 Å². The minimum absolute atomic E-state index is 0. The second-order valence-corrected chi connectivity index (χ2v) is 1.54. The largest absolute Gasteiger partial charge is 2.00 e. The summed E-state index contributed by atoms with van der Waals surface area (Å²) in [6.45, 7) is 0. The van der Waals surface area contributed by atoms with Crippen LogP contribution >= 0.6 is 7.82 Å². The molecule has 0 atom stereocenters. The molecule has 0 aliphatic heterocycles. The Morgan fingerprint density at radius 2 is 1.29 bits per heavy atom. The van der Waals surface area contributed by atoms with E-state index in [9.17, 15) is 0 Å². The van der Waals surface area contributed by atoms with E-state index in [0.29, 0.717) is 0 Å². The molecule has 0 aliphatic carbocycles. The van der Waals surface area contributed by atoms with Gasteiger partial charge in [0.1, 0.15) is 0 Å². The molecule has 0 aromatic rings. The molecule has 0 aromatic carbocycles. The van der Waals surface area contributed by atoms with Crippen molar-refractivity contribution >= 4 is 45.6 Å². The van der Waals surface area contributed by atoms with E-state index in [1.807, 2.05) is 0 Å². The summed E-state index contributed by atoms with van der Waals surface area (Å²) in [7, 11) is -4.64. The molecule has 0 saturated carbocycles. The molecule has 0 heterocycles. The van der Waals surface area contributed by atoms with Crippen molar-refractivity contribution in [1.82, 2.24) is 0 Å². The Morgan fingerprint density at radius 1 is 1.29 bits per heavy atom. The van der Waals surface area contributed by atoms with E-state index >= 15 is 0 Å².